The second-order valence-corrected chi connectivity index (χ2v) is 7.92. The summed E-state index contributed by atoms with van der Waals surface area (Å²) in [6.07, 6.45) is -1.79. The van der Waals surface area contributed by atoms with E-state index in [0.29, 0.717) is 17.3 Å². The lowest BCUT2D eigenvalue weighted by atomic mass is 10.1. The van der Waals surface area contributed by atoms with Crippen molar-refractivity contribution in [2.45, 2.75) is 6.18 Å². The summed E-state index contributed by atoms with van der Waals surface area (Å²) in [6.45, 7) is 4.45. The number of aldehydes is 1. The van der Waals surface area contributed by atoms with E-state index < -0.39 is 28.4 Å². The van der Waals surface area contributed by atoms with Crippen LogP contribution in [0.3, 0.4) is 0 Å². The largest absolute Gasteiger partial charge is 0.431 e. The van der Waals surface area contributed by atoms with Crippen LogP contribution in [0.4, 0.5) is 34.8 Å². The molecule has 8 nitrogen and oxygen atoms in total. The van der Waals surface area contributed by atoms with Crippen LogP contribution in [0.2, 0.25) is 5.02 Å². The van der Waals surface area contributed by atoms with E-state index in [0.717, 1.165) is 19.4 Å². The van der Waals surface area contributed by atoms with Crippen LogP contribution in [-0.4, -0.2) is 66.5 Å². The molecule has 1 aromatic carbocycles. The van der Waals surface area contributed by atoms with E-state index in [-0.39, 0.29) is 54.8 Å². The van der Waals surface area contributed by atoms with Crippen molar-refractivity contribution < 1.29 is 27.2 Å². The minimum atomic E-state index is -4.99. The number of halogens is 5. The monoisotopic (exact) mass is 512 g/mol. The Morgan fingerprint density at radius 2 is 1.89 bits per heavy atom. The number of nitrogen functional groups attached to an aromatic ring is 1. The predicted molar refractivity (Wildman–Crippen MR) is 125 cm³/mol. The van der Waals surface area contributed by atoms with Crippen molar-refractivity contribution in [3.8, 4) is 0 Å². The van der Waals surface area contributed by atoms with Gasteiger partial charge in [-0.15, -0.1) is 0 Å². The van der Waals surface area contributed by atoms with E-state index >= 15 is 0 Å². The average molecular weight is 513 g/mol. The van der Waals surface area contributed by atoms with E-state index in [4.69, 9.17) is 17.3 Å². The molecular formula is C22H21ClF4N6O2. The van der Waals surface area contributed by atoms with Crippen LogP contribution in [0.25, 0.3) is 6.08 Å². The van der Waals surface area contributed by atoms with Crippen LogP contribution in [-0.2, 0) is 4.79 Å². The molecule has 2 heterocycles. The molecule has 0 aliphatic carbocycles. The van der Waals surface area contributed by atoms with E-state index in [9.17, 15) is 27.2 Å². The van der Waals surface area contributed by atoms with Gasteiger partial charge in [-0.2, -0.15) is 13.2 Å². The van der Waals surface area contributed by atoms with Crippen LogP contribution in [0.15, 0.2) is 36.8 Å². The summed E-state index contributed by atoms with van der Waals surface area (Å²) >= 11 is 5.76. The molecule has 2 N–H and O–H groups in total. The van der Waals surface area contributed by atoms with Crippen molar-refractivity contribution in [1.29, 1.82) is 0 Å². The number of hydrogen-bond acceptors (Lipinski definition) is 7. The normalized spacial score (nSPS) is 14.6. The molecule has 1 amide bonds. The van der Waals surface area contributed by atoms with Crippen molar-refractivity contribution in [3.63, 3.8) is 0 Å². The maximum absolute atomic E-state index is 14.7. The van der Waals surface area contributed by atoms with Gasteiger partial charge in [0.1, 0.15) is 29.2 Å². The van der Waals surface area contributed by atoms with Crippen LogP contribution in [0.5, 0.6) is 0 Å². The number of allylic oxidation sites excluding steroid dienone is 1. The molecule has 1 aromatic heterocycles. The topological polar surface area (TPSA) is 95.7 Å². The first kappa shape index (κ1) is 25.9. The van der Waals surface area contributed by atoms with Crippen LogP contribution < -0.4 is 15.5 Å². The quantitative estimate of drug-likeness (QED) is 0.274. The molecule has 1 aliphatic rings. The van der Waals surface area contributed by atoms with Gasteiger partial charge < -0.3 is 20.4 Å². The molecule has 0 spiro atoms. The summed E-state index contributed by atoms with van der Waals surface area (Å²) in [5.74, 6) is -1.35. The van der Waals surface area contributed by atoms with Gasteiger partial charge in [-0.1, -0.05) is 18.2 Å². The Kier molecular flexibility index (Phi) is 7.64. The van der Waals surface area contributed by atoms with Crippen LogP contribution in [0.1, 0.15) is 16.1 Å². The second kappa shape index (κ2) is 10.3. The van der Waals surface area contributed by atoms with Gasteiger partial charge in [-0.05, 0) is 24.3 Å². The fraction of sp³-hybridized carbons (Fsp3) is 0.273. The van der Waals surface area contributed by atoms with Gasteiger partial charge in [-0.25, -0.2) is 14.4 Å². The van der Waals surface area contributed by atoms with Gasteiger partial charge in [0.2, 0.25) is 5.91 Å². The third kappa shape index (κ3) is 5.37. The number of carbonyl (C=O) groups excluding carboxylic acids is 2. The molecule has 2 aromatic rings. The van der Waals surface area contributed by atoms with Crippen molar-refractivity contribution in [2.24, 2.45) is 0 Å². The third-order valence-electron chi connectivity index (χ3n) is 5.44. The lowest BCUT2D eigenvalue weighted by Gasteiger charge is -2.35. The lowest BCUT2D eigenvalue weighted by molar-refractivity contribution is -0.126. The highest BCUT2D eigenvalue weighted by molar-refractivity contribution is 6.31. The third-order valence-corrected chi connectivity index (χ3v) is 5.73. The highest BCUT2D eigenvalue weighted by Gasteiger charge is 2.39. The van der Waals surface area contributed by atoms with Gasteiger partial charge in [0.15, 0.2) is 12.1 Å². The molecule has 1 aliphatic heterocycles. The number of benzene rings is 1. The van der Waals surface area contributed by atoms with Crippen molar-refractivity contribution in [2.75, 3.05) is 48.8 Å². The number of carbonyl (C=O) groups is 2. The Morgan fingerprint density at radius 3 is 2.46 bits per heavy atom. The molecule has 13 heteroatoms. The number of anilines is 3. The Labute approximate surface area is 203 Å². The summed E-state index contributed by atoms with van der Waals surface area (Å²) in [7, 11) is 0.980. The molecule has 0 atom stereocenters. The number of rotatable bonds is 6. The van der Waals surface area contributed by atoms with Gasteiger partial charge in [0.25, 0.3) is 0 Å². The number of nitrogens with two attached hydrogens (primary N) is 1. The molecule has 0 bridgehead atoms. The summed E-state index contributed by atoms with van der Waals surface area (Å²) in [5, 5.41) is -0.410. The highest BCUT2D eigenvalue weighted by Crippen LogP contribution is 2.39. The Hall–Kier alpha value is -3.67. The zero-order valence-corrected chi connectivity index (χ0v) is 19.3. The summed E-state index contributed by atoms with van der Waals surface area (Å²) in [4.78, 5) is 35.1. The first-order valence-electron chi connectivity index (χ1n) is 10.2. The fourth-order valence-corrected chi connectivity index (χ4v) is 3.83. The van der Waals surface area contributed by atoms with Gasteiger partial charge in [0, 0.05) is 38.8 Å². The average Bonchev–Trinajstić information content (AvgIpc) is 2.83. The van der Waals surface area contributed by atoms with Crippen molar-refractivity contribution >= 4 is 47.1 Å². The maximum Gasteiger partial charge on any atom is 0.431 e. The number of nitrogens with zero attached hydrogens (tertiary/aromatic N) is 5. The van der Waals surface area contributed by atoms with Crippen molar-refractivity contribution in [3.05, 3.63) is 58.9 Å². The molecule has 1 fully saturated rings. The van der Waals surface area contributed by atoms with E-state index in [1.807, 2.05) is 0 Å². The minimum absolute atomic E-state index is 0.0579. The molecule has 0 radical (unpaired) electrons. The number of piperazine rings is 1. The Balaban J connectivity index is 2.12. The molecular weight excluding hydrogens is 492 g/mol. The fourth-order valence-electron chi connectivity index (χ4n) is 3.67. The Morgan fingerprint density at radius 1 is 1.23 bits per heavy atom. The predicted octanol–water partition coefficient (Wildman–Crippen LogP) is 3.54. The van der Waals surface area contributed by atoms with E-state index in [1.165, 1.54) is 17.0 Å². The minimum Gasteiger partial charge on any atom is -0.397 e. The summed E-state index contributed by atoms with van der Waals surface area (Å²) in [5.41, 5.74) is 3.06. The molecule has 35 heavy (non-hydrogen) atoms. The standard InChI is InChI=1S/C22H21ClF4N6O2/c1-3-18(35)32-6-8-33(9-7-32)21-13(16(11-34)29-12-30-21)10-17(22(25,26)27)31(2)20-15(28)5-4-14(23)19(20)24/h3-5,10-12H,1,6-9,28H2,2H3/b17-10-. The smallest absolute Gasteiger partial charge is 0.397 e. The first-order chi connectivity index (χ1) is 16.5. The maximum atomic E-state index is 14.7. The second-order valence-electron chi connectivity index (χ2n) is 7.52. The number of alkyl halides is 3. The van der Waals surface area contributed by atoms with Gasteiger partial charge in [-0.3, -0.25) is 9.59 Å². The zero-order valence-electron chi connectivity index (χ0n) is 18.5. The number of aromatic nitrogens is 2. The van der Waals surface area contributed by atoms with Crippen molar-refractivity contribution in [1.82, 2.24) is 14.9 Å². The summed E-state index contributed by atoms with van der Waals surface area (Å²) in [6, 6.07) is 2.31. The lowest BCUT2D eigenvalue weighted by Crippen LogP contribution is -2.48. The first-order valence-corrected chi connectivity index (χ1v) is 10.6. The molecule has 0 saturated carbocycles. The molecule has 0 unspecified atom stereocenters. The van der Waals surface area contributed by atoms with E-state index in [1.54, 1.807) is 4.90 Å². The Bertz CT molecular complexity index is 1180. The zero-order chi connectivity index (χ0) is 25.9. The van der Waals surface area contributed by atoms with Crippen LogP contribution >= 0.6 is 11.6 Å². The number of amides is 1. The molecule has 1 saturated heterocycles. The number of hydrogen-bond donors (Lipinski definition) is 1. The van der Waals surface area contributed by atoms with E-state index in [2.05, 4.69) is 16.5 Å². The highest BCUT2D eigenvalue weighted by atomic mass is 35.5. The molecule has 186 valence electrons. The van der Waals surface area contributed by atoms with Gasteiger partial charge >= 0.3 is 6.18 Å². The van der Waals surface area contributed by atoms with Crippen LogP contribution in [0, 0.1) is 5.82 Å². The van der Waals surface area contributed by atoms with Gasteiger partial charge in [0.05, 0.1) is 10.7 Å². The summed E-state index contributed by atoms with van der Waals surface area (Å²) < 4.78 is 57.2. The molecule has 3 rings (SSSR count). The SMILES string of the molecule is C=CC(=O)N1CCN(c2ncnc(C=O)c2/C=C(\N(C)c2c(N)ccc(Cl)c2F)C(F)(F)F)CC1.